The first-order valence-electron chi connectivity index (χ1n) is 10.7. The van der Waals surface area contributed by atoms with E-state index in [1.54, 1.807) is 20.3 Å². The summed E-state index contributed by atoms with van der Waals surface area (Å²) in [7, 11) is 3.17. The van der Waals surface area contributed by atoms with Gasteiger partial charge >= 0.3 is 0 Å². The van der Waals surface area contributed by atoms with Crippen LogP contribution in [-0.4, -0.2) is 39.7 Å². The number of carbonyl (C=O) groups excluding carboxylic acids is 1. The SMILES string of the molecule is COc1ccc(CNC(=O)/C=C/c2c[nH]c3ncc(-c4cnn5ccccc45)cc23)cc1OC. The fourth-order valence-corrected chi connectivity index (χ4v) is 3.87. The second-order valence-electron chi connectivity index (χ2n) is 7.69. The molecule has 0 aliphatic heterocycles. The molecule has 4 heterocycles. The van der Waals surface area contributed by atoms with Crippen molar-refractivity contribution < 1.29 is 14.3 Å². The Morgan fingerprint density at radius 2 is 2.00 bits per heavy atom. The van der Waals surface area contributed by atoms with Gasteiger partial charge in [-0.15, -0.1) is 0 Å². The van der Waals surface area contributed by atoms with Crippen LogP contribution >= 0.6 is 0 Å². The van der Waals surface area contributed by atoms with E-state index in [4.69, 9.17) is 9.47 Å². The predicted molar refractivity (Wildman–Crippen MR) is 131 cm³/mol. The van der Waals surface area contributed by atoms with Gasteiger partial charge in [0.2, 0.25) is 5.91 Å². The number of benzene rings is 1. The smallest absolute Gasteiger partial charge is 0.244 e. The van der Waals surface area contributed by atoms with E-state index >= 15 is 0 Å². The molecule has 0 aliphatic carbocycles. The average molecular weight is 454 g/mol. The maximum absolute atomic E-state index is 12.4. The molecular formula is C26H23N5O3. The number of rotatable bonds is 7. The molecule has 0 spiro atoms. The van der Waals surface area contributed by atoms with E-state index in [0.29, 0.717) is 18.0 Å². The lowest BCUT2D eigenvalue weighted by atomic mass is 10.1. The number of carbonyl (C=O) groups is 1. The summed E-state index contributed by atoms with van der Waals surface area (Å²) in [5.41, 5.74) is 5.51. The number of pyridine rings is 2. The summed E-state index contributed by atoms with van der Waals surface area (Å²) in [4.78, 5) is 20.1. The number of ether oxygens (including phenoxy) is 2. The van der Waals surface area contributed by atoms with Gasteiger partial charge in [-0.3, -0.25) is 4.79 Å². The summed E-state index contributed by atoms with van der Waals surface area (Å²) in [5.74, 6) is 1.07. The van der Waals surface area contributed by atoms with Crippen LogP contribution in [0.4, 0.5) is 0 Å². The number of hydrogen-bond donors (Lipinski definition) is 2. The monoisotopic (exact) mass is 453 g/mol. The van der Waals surface area contributed by atoms with Gasteiger partial charge in [0.05, 0.1) is 25.9 Å². The molecule has 8 nitrogen and oxygen atoms in total. The van der Waals surface area contributed by atoms with Crippen LogP contribution in [0.2, 0.25) is 0 Å². The van der Waals surface area contributed by atoms with E-state index < -0.39 is 0 Å². The zero-order chi connectivity index (χ0) is 23.5. The van der Waals surface area contributed by atoms with E-state index in [-0.39, 0.29) is 5.91 Å². The number of aromatic amines is 1. The summed E-state index contributed by atoms with van der Waals surface area (Å²) in [5, 5.41) is 8.23. The third kappa shape index (κ3) is 4.09. The summed E-state index contributed by atoms with van der Waals surface area (Å²) in [6, 6.07) is 13.6. The van der Waals surface area contributed by atoms with Gasteiger partial charge in [0.15, 0.2) is 11.5 Å². The van der Waals surface area contributed by atoms with Crippen LogP contribution in [0.3, 0.4) is 0 Å². The van der Waals surface area contributed by atoms with Crippen molar-refractivity contribution in [2.75, 3.05) is 14.2 Å². The van der Waals surface area contributed by atoms with E-state index in [1.165, 1.54) is 6.08 Å². The normalized spacial score (nSPS) is 11.4. The molecule has 4 aromatic heterocycles. The maximum atomic E-state index is 12.4. The van der Waals surface area contributed by atoms with Crippen LogP contribution in [0.25, 0.3) is 33.8 Å². The molecule has 34 heavy (non-hydrogen) atoms. The highest BCUT2D eigenvalue weighted by Crippen LogP contribution is 2.29. The Morgan fingerprint density at radius 3 is 2.85 bits per heavy atom. The van der Waals surface area contributed by atoms with Crippen molar-refractivity contribution >= 4 is 28.5 Å². The minimum atomic E-state index is -0.198. The van der Waals surface area contributed by atoms with Crippen LogP contribution in [0.5, 0.6) is 11.5 Å². The van der Waals surface area contributed by atoms with Gasteiger partial charge in [-0.25, -0.2) is 9.50 Å². The molecule has 0 saturated heterocycles. The molecule has 2 N–H and O–H groups in total. The van der Waals surface area contributed by atoms with Gasteiger partial charge < -0.3 is 19.8 Å². The Morgan fingerprint density at radius 1 is 1.12 bits per heavy atom. The fourth-order valence-electron chi connectivity index (χ4n) is 3.87. The van der Waals surface area contributed by atoms with Gasteiger partial charge in [-0.2, -0.15) is 5.10 Å². The topological polar surface area (TPSA) is 93.5 Å². The number of aromatic nitrogens is 4. The lowest BCUT2D eigenvalue weighted by molar-refractivity contribution is -0.116. The van der Waals surface area contributed by atoms with Crippen molar-refractivity contribution in [3.05, 3.63) is 84.5 Å². The van der Waals surface area contributed by atoms with Crippen molar-refractivity contribution in [1.82, 2.24) is 24.9 Å². The fraction of sp³-hybridized carbons (Fsp3) is 0.115. The number of methoxy groups -OCH3 is 2. The number of H-pyrrole nitrogens is 1. The van der Waals surface area contributed by atoms with Crippen LogP contribution < -0.4 is 14.8 Å². The lowest BCUT2D eigenvalue weighted by Crippen LogP contribution is -2.20. The Labute approximate surface area is 195 Å². The Bertz CT molecular complexity index is 1520. The van der Waals surface area contributed by atoms with Gasteiger partial charge in [-0.1, -0.05) is 12.1 Å². The summed E-state index contributed by atoms with van der Waals surface area (Å²) in [6.07, 6.45) is 10.7. The minimum Gasteiger partial charge on any atom is -0.493 e. The van der Waals surface area contributed by atoms with Crippen molar-refractivity contribution in [3.8, 4) is 22.6 Å². The second kappa shape index (κ2) is 9.11. The van der Waals surface area contributed by atoms with Gasteiger partial charge in [-0.05, 0) is 42.0 Å². The number of nitrogens with one attached hydrogen (secondary N) is 2. The van der Waals surface area contributed by atoms with Crippen LogP contribution in [0, 0.1) is 0 Å². The molecule has 1 amide bonds. The molecule has 0 saturated carbocycles. The third-order valence-corrected chi connectivity index (χ3v) is 5.63. The maximum Gasteiger partial charge on any atom is 0.244 e. The zero-order valence-electron chi connectivity index (χ0n) is 18.8. The third-order valence-electron chi connectivity index (χ3n) is 5.63. The molecule has 0 aliphatic rings. The molecule has 0 radical (unpaired) electrons. The zero-order valence-corrected chi connectivity index (χ0v) is 18.8. The molecule has 1 aromatic carbocycles. The largest absolute Gasteiger partial charge is 0.493 e. The molecule has 0 atom stereocenters. The quantitative estimate of drug-likeness (QED) is 0.360. The van der Waals surface area contributed by atoms with Crippen LogP contribution in [0.15, 0.2) is 73.3 Å². The molecule has 5 aromatic rings. The van der Waals surface area contributed by atoms with E-state index in [2.05, 4.69) is 26.4 Å². The van der Waals surface area contributed by atoms with Crippen molar-refractivity contribution in [2.24, 2.45) is 0 Å². The molecule has 0 bridgehead atoms. The Kier molecular flexibility index (Phi) is 5.70. The lowest BCUT2D eigenvalue weighted by Gasteiger charge is -2.09. The second-order valence-corrected chi connectivity index (χ2v) is 7.69. The Balaban J connectivity index is 1.33. The first kappa shape index (κ1) is 21.3. The predicted octanol–water partition coefficient (Wildman–Crippen LogP) is 4.22. The van der Waals surface area contributed by atoms with E-state index in [1.807, 2.05) is 65.7 Å². The van der Waals surface area contributed by atoms with Gasteiger partial charge in [0.1, 0.15) is 5.65 Å². The molecule has 5 rings (SSSR count). The number of fused-ring (bicyclic) bond motifs is 2. The minimum absolute atomic E-state index is 0.198. The van der Waals surface area contributed by atoms with Crippen LogP contribution in [-0.2, 0) is 11.3 Å². The number of amides is 1. The summed E-state index contributed by atoms with van der Waals surface area (Å²) < 4.78 is 12.4. The molecular weight excluding hydrogens is 430 g/mol. The highest BCUT2D eigenvalue weighted by atomic mass is 16.5. The number of hydrogen-bond acceptors (Lipinski definition) is 5. The van der Waals surface area contributed by atoms with E-state index in [0.717, 1.165) is 38.8 Å². The molecule has 8 heteroatoms. The van der Waals surface area contributed by atoms with Crippen LogP contribution in [0.1, 0.15) is 11.1 Å². The van der Waals surface area contributed by atoms with Crippen molar-refractivity contribution in [1.29, 1.82) is 0 Å². The average Bonchev–Trinajstić information content (AvgIpc) is 3.49. The van der Waals surface area contributed by atoms with Gasteiger partial charge in [0.25, 0.3) is 0 Å². The highest BCUT2D eigenvalue weighted by molar-refractivity contribution is 5.97. The summed E-state index contributed by atoms with van der Waals surface area (Å²) >= 11 is 0. The van der Waals surface area contributed by atoms with E-state index in [9.17, 15) is 4.79 Å². The van der Waals surface area contributed by atoms with Crippen molar-refractivity contribution in [3.63, 3.8) is 0 Å². The molecule has 0 unspecified atom stereocenters. The first-order chi connectivity index (χ1) is 16.7. The first-order valence-corrected chi connectivity index (χ1v) is 10.7. The molecule has 170 valence electrons. The molecule has 0 fully saturated rings. The number of nitrogens with zero attached hydrogens (tertiary/aromatic N) is 3. The van der Waals surface area contributed by atoms with Crippen molar-refractivity contribution in [2.45, 2.75) is 6.54 Å². The van der Waals surface area contributed by atoms with Gasteiger partial charge in [0, 0.05) is 53.3 Å². The standard InChI is InChI=1S/C26H23N5O3/c1-33-23-8-6-17(11-24(23)34-2)13-27-25(32)9-7-18-14-28-26-20(18)12-19(15-29-26)21-16-30-31-10-4-3-5-22(21)31/h3-12,14-16H,13H2,1-2H3,(H,27,32)(H,28,29)/b9-7+. The summed E-state index contributed by atoms with van der Waals surface area (Å²) in [6.45, 7) is 0.373. The highest BCUT2D eigenvalue weighted by Gasteiger charge is 2.10. The Hall–Kier alpha value is -4.59.